The van der Waals surface area contributed by atoms with Crippen molar-refractivity contribution in [2.24, 2.45) is 0 Å². The van der Waals surface area contributed by atoms with E-state index in [-0.39, 0.29) is 18.1 Å². The molecule has 27 heavy (non-hydrogen) atoms. The van der Waals surface area contributed by atoms with Crippen molar-refractivity contribution >= 4 is 17.4 Å². The van der Waals surface area contributed by atoms with Crippen LogP contribution in [-0.4, -0.2) is 78.7 Å². The number of piperazine rings is 1. The first-order chi connectivity index (χ1) is 13.1. The number of amides is 1. The summed E-state index contributed by atoms with van der Waals surface area (Å²) < 4.78 is 6.15. The molecule has 2 atom stereocenters. The molecule has 0 unspecified atom stereocenters. The third kappa shape index (κ3) is 3.75. The van der Waals surface area contributed by atoms with Gasteiger partial charge >= 0.3 is 0 Å². The smallest absolute Gasteiger partial charge is 0.234 e. The Labute approximate surface area is 159 Å². The van der Waals surface area contributed by atoms with Gasteiger partial charge in [-0.1, -0.05) is 0 Å². The highest BCUT2D eigenvalue weighted by Crippen LogP contribution is 2.33. The van der Waals surface area contributed by atoms with Crippen LogP contribution in [0.1, 0.15) is 12.5 Å². The first-order valence-corrected chi connectivity index (χ1v) is 9.36. The highest BCUT2D eigenvalue weighted by atomic mass is 16.5. The van der Waals surface area contributed by atoms with Crippen LogP contribution in [0.4, 0.5) is 5.82 Å². The molecular formula is C19H24N6O2. The summed E-state index contributed by atoms with van der Waals surface area (Å²) in [6, 6.07) is 3.92. The molecule has 0 aliphatic carbocycles. The minimum atomic E-state index is 0.0367. The van der Waals surface area contributed by atoms with Gasteiger partial charge < -0.3 is 15.0 Å². The van der Waals surface area contributed by atoms with E-state index in [4.69, 9.17) is 4.74 Å². The molecule has 0 bridgehead atoms. The van der Waals surface area contributed by atoms with E-state index in [0.717, 1.165) is 37.4 Å². The zero-order chi connectivity index (χ0) is 18.8. The summed E-state index contributed by atoms with van der Waals surface area (Å²) >= 11 is 0. The second-order valence-electron chi connectivity index (χ2n) is 7.23. The summed E-state index contributed by atoms with van der Waals surface area (Å²) in [5, 5.41) is 12.2. The fourth-order valence-corrected chi connectivity index (χ4v) is 4.05. The number of morpholine rings is 1. The molecule has 1 aromatic rings. The highest BCUT2D eigenvalue weighted by molar-refractivity contribution is 5.79. The van der Waals surface area contributed by atoms with Gasteiger partial charge in [0.1, 0.15) is 0 Å². The molecule has 2 saturated heterocycles. The number of nitrogens with zero attached hydrogens (tertiary/aromatic N) is 5. The van der Waals surface area contributed by atoms with Crippen molar-refractivity contribution < 1.29 is 9.53 Å². The Morgan fingerprint density at radius 3 is 3.15 bits per heavy atom. The summed E-state index contributed by atoms with van der Waals surface area (Å²) in [5.41, 5.74) is 2.09. The SMILES string of the molecule is C[C@@H]1CN(C2=CCN(C#N)c3ncccc32)C[C@H](CN2CCNC(=O)C2)O1. The summed E-state index contributed by atoms with van der Waals surface area (Å²) in [5.74, 6) is 0.787. The minimum absolute atomic E-state index is 0.0367. The van der Waals surface area contributed by atoms with Gasteiger partial charge in [-0.3, -0.25) is 14.6 Å². The Bertz CT molecular complexity index is 789. The number of aromatic nitrogens is 1. The van der Waals surface area contributed by atoms with Gasteiger partial charge in [-0.25, -0.2) is 4.98 Å². The van der Waals surface area contributed by atoms with Gasteiger partial charge in [-0.2, -0.15) is 5.26 Å². The second kappa shape index (κ2) is 7.55. The number of carbonyl (C=O) groups is 1. The number of ether oxygens (including phenoxy) is 1. The van der Waals surface area contributed by atoms with E-state index in [9.17, 15) is 10.1 Å². The molecule has 0 radical (unpaired) electrons. The van der Waals surface area contributed by atoms with Crippen molar-refractivity contribution in [1.29, 1.82) is 5.26 Å². The van der Waals surface area contributed by atoms with Crippen LogP contribution in [0.2, 0.25) is 0 Å². The van der Waals surface area contributed by atoms with Gasteiger partial charge in [-0.15, -0.1) is 0 Å². The molecule has 1 amide bonds. The van der Waals surface area contributed by atoms with Gasteiger partial charge in [0.15, 0.2) is 12.0 Å². The normalized spacial score (nSPS) is 26.1. The molecule has 0 saturated carbocycles. The number of hydrogen-bond donors (Lipinski definition) is 1. The quantitative estimate of drug-likeness (QED) is 0.765. The number of nitriles is 1. The molecule has 2 fully saturated rings. The third-order valence-corrected chi connectivity index (χ3v) is 5.15. The lowest BCUT2D eigenvalue weighted by atomic mass is 10.1. The lowest BCUT2D eigenvalue weighted by Crippen LogP contribution is -2.54. The van der Waals surface area contributed by atoms with E-state index >= 15 is 0 Å². The average Bonchev–Trinajstić information content (AvgIpc) is 2.66. The maximum absolute atomic E-state index is 11.6. The number of fused-ring (bicyclic) bond motifs is 1. The van der Waals surface area contributed by atoms with Gasteiger partial charge in [0.05, 0.1) is 25.3 Å². The molecule has 0 aromatic carbocycles. The Hall–Kier alpha value is -2.63. The molecule has 0 spiro atoms. The van der Waals surface area contributed by atoms with Crippen LogP contribution in [0.25, 0.3) is 5.70 Å². The fourth-order valence-electron chi connectivity index (χ4n) is 4.05. The maximum atomic E-state index is 11.6. The van der Waals surface area contributed by atoms with Crippen molar-refractivity contribution in [2.75, 3.05) is 50.7 Å². The fraction of sp³-hybridized carbons (Fsp3) is 0.526. The van der Waals surface area contributed by atoms with E-state index in [1.54, 1.807) is 11.1 Å². The van der Waals surface area contributed by atoms with E-state index in [2.05, 4.69) is 39.3 Å². The van der Waals surface area contributed by atoms with Gasteiger partial charge in [0.25, 0.3) is 0 Å². The molecule has 142 valence electrons. The Kier molecular flexibility index (Phi) is 4.97. The molecule has 1 aromatic heterocycles. The first-order valence-electron chi connectivity index (χ1n) is 9.36. The highest BCUT2D eigenvalue weighted by Gasteiger charge is 2.32. The molecule has 3 aliphatic rings. The first kappa shape index (κ1) is 17.8. The molecule has 8 nitrogen and oxygen atoms in total. The molecule has 4 rings (SSSR count). The number of anilines is 1. The zero-order valence-corrected chi connectivity index (χ0v) is 15.5. The van der Waals surface area contributed by atoms with Gasteiger partial charge in [0.2, 0.25) is 5.91 Å². The van der Waals surface area contributed by atoms with Crippen LogP contribution in [0.5, 0.6) is 0 Å². The molecule has 1 N–H and O–H groups in total. The van der Waals surface area contributed by atoms with E-state index in [1.165, 1.54) is 0 Å². The maximum Gasteiger partial charge on any atom is 0.234 e. The number of nitrogens with one attached hydrogen (secondary N) is 1. The van der Waals surface area contributed by atoms with Crippen LogP contribution >= 0.6 is 0 Å². The van der Waals surface area contributed by atoms with Crippen LogP contribution in [0.15, 0.2) is 24.4 Å². The number of carbonyl (C=O) groups excluding carboxylic acids is 1. The lowest BCUT2D eigenvalue weighted by Gasteiger charge is -2.42. The Morgan fingerprint density at radius 1 is 1.44 bits per heavy atom. The molecule has 4 heterocycles. The number of pyridine rings is 1. The Morgan fingerprint density at radius 2 is 2.33 bits per heavy atom. The molecule has 8 heteroatoms. The summed E-state index contributed by atoms with van der Waals surface area (Å²) in [6.07, 6.45) is 6.14. The summed E-state index contributed by atoms with van der Waals surface area (Å²) in [7, 11) is 0. The van der Waals surface area contributed by atoms with Crippen LogP contribution in [0, 0.1) is 11.5 Å². The van der Waals surface area contributed by atoms with E-state index in [1.807, 2.05) is 12.1 Å². The van der Waals surface area contributed by atoms with Crippen molar-refractivity contribution in [3.05, 3.63) is 30.0 Å². The third-order valence-electron chi connectivity index (χ3n) is 5.15. The van der Waals surface area contributed by atoms with Crippen molar-refractivity contribution in [1.82, 2.24) is 20.1 Å². The van der Waals surface area contributed by atoms with Crippen LogP contribution in [0.3, 0.4) is 0 Å². The van der Waals surface area contributed by atoms with Crippen LogP contribution < -0.4 is 10.2 Å². The predicted molar refractivity (Wildman–Crippen MR) is 101 cm³/mol. The molecular weight excluding hydrogens is 344 g/mol. The molecule has 3 aliphatic heterocycles. The largest absolute Gasteiger partial charge is 0.370 e. The Balaban J connectivity index is 1.51. The van der Waals surface area contributed by atoms with Crippen molar-refractivity contribution in [2.45, 2.75) is 19.1 Å². The van der Waals surface area contributed by atoms with Gasteiger partial charge in [0, 0.05) is 50.2 Å². The summed E-state index contributed by atoms with van der Waals surface area (Å²) in [4.78, 5) is 22.1. The lowest BCUT2D eigenvalue weighted by molar-refractivity contribution is -0.125. The summed E-state index contributed by atoms with van der Waals surface area (Å²) in [6.45, 7) is 6.88. The number of rotatable bonds is 3. The van der Waals surface area contributed by atoms with Crippen LogP contribution in [-0.2, 0) is 9.53 Å². The number of hydrogen-bond acceptors (Lipinski definition) is 7. The standard InChI is InChI=1S/C19H24N6O2/c1-14-9-25(11-15(27-14)10-23-8-6-21-18(26)12-23)17-4-7-24(13-20)19-16(17)3-2-5-22-19/h2-5,14-15H,6-12H2,1H3,(H,21,26)/t14-,15+/m1/s1. The monoisotopic (exact) mass is 368 g/mol. The second-order valence-corrected chi connectivity index (χ2v) is 7.23. The topological polar surface area (TPSA) is 84.7 Å². The van der Waals surface area contributed by atoms with Gasteiger partial charge in [-0.05, 0) is 25.1 Å². The van der Waals surface area contributed by atoms with E-state index < -0.39 is 0 Å². The zero-order valence-electron chi connectivity index (χ0n) is 15.5. The predicted octanol–water partition coefficient (Wildman–Crippen LogP) is 0.245. The average molecular weight is 368 g/mol. The van der Waals surface area contributed by atoms with Crippen molar-refractivity contribution in [3.8, 4) is 6.19 Å². The van der Waals surface area contributed by atoms with E-state index in [0.29, 0.717) is 25.5 Å². The van der Waals surface area contributed by atoms with Crippen molar-refractivity contribution in [3.63, 3.8) is 0 Å². The minimum Gasteiger partial charge on any atom is -0.370 e.